The van der Waals surface area contributed by atoms with E-state index in [1.807, 2.05) is 30.3 Å². The number of rotatable bonds is 3. The molecule has 21 heavy (non-hydrogen) atoms. The highest BCUT2D eigenvalue weighted by Gasteiger charge is 2.32. The van der Waals surface area contributed by atoms with E-state index in [9.17, 15) is 8.42 Å². The van der Waals surface area contributed by atoms with E-state index < -0.39 is 9.84 Å². The molecule has 110 valence electrons. The second-order valence-electron chi connectivity index (χ2n) is 5.09. The van der Waals surface area contributed by atoms with Gasteiger partial charge in [0.15, 0.2) is 15.7 Å². The Morgan fingerprint density at radius 2 is 2.00 bits per heavy atom. The van der Waals surface area contributed by atoms with E-state index in [4.69, 9.17) is 10.3 Å². The number of nitrogen functional groups attached to an aromatic ring is 1. The van der Waals surface area contributed by atoms with Gasteiger partial charge in [0.05, 0.1) is 11.5 Å². The quantitative estimate of drug-likeness (QED) is 0.867. The molecule has 7 heteroatoms. The smallest absolute Gasteiger partial charge is 0.250 e. The first-order chi connectivity index (χ1) is 10.0. The first kappa shape index (κ1) is 13.8. The second-order valence-corrected chi connectivity index (χ2v) is 7.32. The van der Waals surface area contributed by atoms with Crippen molar-refractivity contribution in [1.29, 1.82) is 0 Å². The molecule has 0 saturated carbocycles. The summed E-state index contributed by atoms with van der Waals surface area (Å²) in [5, 5.41) is 3.87. The van der Waals surface area contributed by atoms with Crippen LogP contribution in [0, 0.1) is 0 Å². The third-order valence-electron chi connectivity index (χ3n) is 3.41. The highest BCUT2D eigenvalue weighted by atomic mass is 32.2. The zero-order valence-electron chi connectivity index (χ0n) is 11.3. The van der Waals surface area contributed by atoms with E-state index in [1.54, 1.807) is 6.08 Å². The molecule has 1 unspecified atom stereocenters. The third-order valence-corrected chi connectivity index (χ3v) is 5.18. The Morgan fingerprint density at radius 1 is 1.24 bits per heavy atom. The normalized spacial score (nSPS) is 21.0. The fourth-order valence-electron chi connectivity index (χ4n) is 2.25. The van der Waals surface area contributed by atoms with Crippen LogP contribution in [0.5, 0.6) is 0 Å². The summed E-state index contributed by atoms with van der Waals surface area (Å²) in [6.07, 6.45) is 4.09. The Bertz CT molecular complexity index is 763. The molecule has 0 radical (unpaired) electrons. The second kappa shape index (κ2) is 5.33. The predicted octanol–water partition coefficient (Wildman–Crippen LogP) is 1.72. The minimum Gasteiger partial charge on any atom is -0.399 e. The molecule has 1 aromatic carbocycles. The molecule has 1 atom stereocenters. The van der Waals surface area contributed by atoms with Crippen molar-refractivity contribution in [3.8, 4) is 0 Å². The van der Waals surface area contributed by atoms with Crippen molar-refractivity contribution in [3.05, 3.63) is 41.5 Å². The molecule has 2 heterocycles. The lowest BCUT2D eigenvalue weighted by atomic mass is 10.1. The lowest BCUT2D eigenvalue weighted by Gasteiger charge is -1.97. The van der Waals surface area contributed by atoms with E-state index in [2.05, 4.69) is 10.1 Å². The van der Waals surface area contributed by atoms with Crippen LogP contribution in [-0.4, -0.2) is 30.1 Å². The van der Waals surface area contributed by atoms with Crippen LogP contribution in [0.15, 0.2) is 28.8 Å². The fourth-order valence-corrected chi connectivity index (χ4v) is 3.99. The van der Waals surface area contributed by atoms with Crippen molar-refractivity contribution in [3.63, 3.8) is 0 Å². The number of benzene rings is 1. The molecule has 0 amide bonds. The van der Waals surface area contributed by atoms with Crippen molar-refractivity contribution in [2.24, 2.45) is 0 Å². The molecule has 6 nitrogen and oxygen atoms in total. The number of hydrogen-bond donors (Lipinski definition) is 1. The number of aromatic nitrogens is 2. The van der Waals surface area contributed by atoms with Gasteiger partial charge in [-0.3, -0.25) is 0 Å². The molecule has 1 saturated heterocycles. The van der Waals surface area contributed by atoms with Gasteiger partial charge in [0.1, 0.15) is 0 Å². The zero-order valence-corrected chi connectivity index (χ0v) is 12.1. The van der Waals surface area contributed by atoms with Gasteiger partial charge in [0.2, 0.25) is 0 Å². The van der Waals surface area contributed by atoms with E-state index in [-0.39, 0.29) is 17.4 Å². The molecule has 1 aliphatic rings. The standard InChI is InChI=1S/C14H15N3O3S/c15-12-4-1-10(2-5-12)3-6-13-16-14(17-20-13)11-7-8-21(18,19)9-11/h1-6,11H,7-9,15H2/b6-3+. The molecule has 1 aromatic heterocycles. The average molecular weight is 305 g/mol. The lowest BCUT2D eigenvalue weighted by molar-refractivity contribution is 0.399. The summed E-state index contributed by atoms with van der Waals surface area (Å²) < 4.78 is 28.0. The monoisotopic (exact) mass is 305 g/mol. The molecule has 0 spiro atoms. The molecule has 0 bridgehead atoms. The first-order valence-corrected chi connectivity index (χ1v) is 8.42. The highest BCUT2D eigenvalue weighted by molar-refractivity contribution is 7.91. The van der Waals surface area contributed by atoms with Crippen LogP contribution in [-0.2, 0) is 9.84 Å². The topological polar surface area (TPSA) is 99.1 Å². The van der Waals surface area contributed by atoms with Gasteiger partial charge in [-0.15, -0.1) is 0 Å². The van der Waals surface area contributed by atoms with Crippen LogP contribution < -0.4 is 5.73 Å². The van der Waals surface area contributed by atoms with Gasteiger partial charge in [-0.05, 0) is 30.2 Å². The van der Waals surface area contributed by atoms with Gasteiger partial charge < -0.3 is 10.3 Å². The summed E-state index contributed by atoms with van der Waals surface area (Å²) in [7, 11) is -2.95. The van der Waals surface area contributed by atoms with Crippen molar-refractivity contribution < 1.29 is 12.9 Å². The minimum absolute atomic E-state index is 0.105. The molecule has 3 rings (SSSR count). The average Bonchev–Trinajstić information content (AvgIpc) is 3.04. The molecule has 1 aliphatic heterocycles. The predicted molar refractivity (Wildman–Crippen MR) is 80.1 cm³/mol. The maximum atomic E-state index is 11.4. The summed E-state index contributed by atoms with van der Waals surface area (Å²) >= 11 is 0. The molecule has 2 N–H and O–H groups in total. The van der Waals surface area contributed by atoms with Gasteiger partial charge in [0.25, 0.3) is 5.89 Å². The Labute approximate surface area is 122 Å². The van der Waals surface area contributed by atoms with E-state index in [0.29, 0.717) is 23.8 Å². The summed E-state index contributed by atoms with van der Waals surface area (Å²) in [4.78, 5) is 4.24. The molecular formula is C14H15N3O3S. The Kier molecular flexibility index (Phi) is 3.50. The van der Waals surface area contributed by atoms with Crippen molar-refractivity contribution >= 4 is 27.7 Å². The van der Waals surface area contributed by atoms with Crippen LogP contribution in [0.3, 0.4) is 0 Å². The maximum absolute atomic E-state index is 11.4. The van der Waals surface area contributed by atoms with E-state index in [1.165, 1.54) is 0 Å². The zero-order chi connectivity index (χ0) is 14.9. The van der Waals surface area contributed by atoms with Crippen molar-refractivity contribution in [1.82, 2.24) is 10.1 Å². The summed E-state index contributed by atoms with van der Waals surface area (Å²) in [6, 6.07) is 7.38. The van der Waals surface area contributed by atoms with Crippen LogP contribution in [0.25, 0.3) is 12.2 Å². The number of sulfone groups is 1. The fraction of sp³-hybridized carbons (Fsp3) is 0.286. The van der Waals surface area contributed by atoms with Gasteiger partial charge in [-0.1, -0.05) is 17.3 Å². The van der Waals surface area contributed by atoms with Crippen LogP contribution >= 0.6 is 0 Å². The minimum atomic E-state index is -2.95. The highest BCUT2D eigenvalue weighted by Crippen LogP contribution is 2.26. The number of anilines is 1. The van der Waals surface area contributed by atoms with Crippen molar-refractivity contribution in [2.45, 2.75) is 12.3 Å². The largest absolute Gasteiger partial charge is 0.399 e. The number of nitrogens with two attached hydrogens (primary N) is 1. The third kappa shape index (κ3) is 3.30. The molecule has 1 fully saturated rings. The first-order valence-electron chi connectivity index (χ1n) is 6.59. The van der Waals surface area contributed by atoms with Crippen molar-refractivity contribution in [2.75, 3.05) is 17.2 Å². The maximum Gasteiger partial charge on any atom is 0.250 e. The summed E-state index contributed by atoms with van der Waals surface area (Å²) in [6.45, 7) is 0. The number of hydrogen-bond acceptors (Lipinski definition) is 6. The van der Waals surface area contributed by atoms with E-state index in [0.717, 1.165) is 5.56 Å². The summed E-state index contributed by atoms with van der Waals surface area (Å²) in [5.74, 6) is 0.979. The number of nitrogens with zero attached hydrogens (tertiary/aromatic N) is 2. The van der Waals surface area contributed by atoms with Crippen LogP contribution in [0.1, 0.15) is 29.6 Å². The SMILES string of the molecule is Nc1ccc(/C=C/c2nc(C3CCS(=O)(=O)C3)no2)cc1. The Balaban J connectivity index is 1.72. The Hall–Kier alpha value is -2.15. The lowest BCUT2D eigenvalue weighted by Crippen LogP contribution is -2.04. The van der Waals surface area contributed by atoms with Crippen LogP contribution in [0.2, 0.25) is 0 Å². The van der Waals surface area contributed by atoms with E-state index >= 15 is 0 Å². The molecular weight excluding hydrogens is 290 g/mol. The van der Waals surface area contributed by atoms with Gasteiger partial charge in [0, 0.05) is 17.7 Å². The summed E-state index contributed by atoms with van der Waals surface area (Å²) in [5.41, 5.74) is 7.28. The molecule has 0 aliphatic carbocycles. The van der Waals surface area contributed by atoms with Gasteiger partial charge in [-0.25, -0.2) is 8.42 Å². The Morgan fingerprint density at radius 3 is 2.67 bits per heavy atom. The van der Waals surface area contributed by atoms with Crippen LogP contribution in [0.4, 0.5) is 5.69 Å². The van der Waals surface area contributed by atoms with Gasteiger partial charge >= 0.3 is 0 Å². The molecule has 2 aromatic rings. The van der Waals surface area contributed by atoms with Gasteiger partial charge in [-0.2, -0.15) is 4.98 Å².